The van der Waals surface area contributed by atoms with Crippen molar-refractivity contribution < 1.29 is 14.5 Å². The Morgan fingerprint density at radius 1 is 1.15 bits per heavy atom. The highest BCUT2D eigenvalue weighted by atomic mass is 35.6. The van der Waals surface area contributed by atoms with Gasteiger partial charge in [0.05, 0.1) is 17.7 Å². The number of nitro groups is 1. The summed E-state index contributed by atoms with van der Waals surface area (Å²) in [5.74, 6) is -0.0741. The van der Waals surface area contributed by atoms with Gasteiger partial charge in [0.25, 0.3) is 11.6 Å². The molecule has 0 radical (unpaired) electrons. The number of carbonyl (C=O) groups is 1. The molecule has 0 heterocycles. The van der Waals surface area contributed by atoms with Gasteiger partial charge in [-0.3, -0.25) is 14.9 Å². The number of rotatable bonds is 6. The van der Waals surface area contributed by atoms with Gasteiger partial charge >= 0.3 is 0 Å². The van der Waals surface area contributed by atoms with Crippen molar-refractivity contribution in [3.8, 4) is 5.75 Å². The minimum Gasteiger partial charge on any atom is -0.495 e. The molecule has 138 valence electrons. The van der Waals surface area contributed by atoms with Crippen LogP contribution in [0.1, 0.15) is 10.4 Å². The molecule has 0 fully saturated rings. The summed E-state index contributed by atoms with van der Waals surface area (Å²) in [6.07, 6.45) is -1.09. The van der Waals surface area contributed by atoms with Crippen molar-refractivity contribution in [2.75, 3.05) is 12.4 Å². The van der Waals surface area contributed by atoms with Gasteiger partial charge in [-0.05, 0) is 24.3 Å². The van der Waals surface area contributed by atoms with E-state index in [-0.39, 0.29) is 11.3 Å². The predicted molar refractivity (Wildman–Crippen MR) is 101 cm³/mol. The standard InChI is InChI=1S/C16H14Cl3N3O4/c1-26-13-5-3-2-4-12(13)20-15(16(17,18)19)21-14(23)10-6-8-11(9-7-10)22(24)25/h2-9,15,20H,1H3,(H,21,23)/t15-/m0/s1. The fourth-order valence-corrected chi connectivity index (χ4v) is 2.40. The third-order valence-electron chi connectivity index (χ3n) is 3.35. The second-order valence-corrected chi connectivity index (χ2v) is 7.47. The van der Waals surface area contributed by atoms with Crippen LogP contribution in [0.5, 0.6) is 5.75 Å². The fourth-order valence-electron chi connectivity index (χ4n) is 2.07. The van der Waals surface area contributed by atoms with Crippen LogP contribution in [-0.4, -0.2) is 27.9 Å². The number of carbonyl (C=O) groups excluding carboxylic acids is 1. The second-order valence-electron chi connectivity index (χ2n) is 5.10. The molecule has 10 heteroatoms. The van der Waals surface area contributed by atoms with Gasteiger partial charge in [-0.25, -0.2) is 0 Å². The molecule has 0 unspecified atom stereocenters. The lowest BCUT2D eigenvalue weighted by molar-refractivity contribution is -0.384. The van der Waals surface area contributed by atoms with Gasteiger partial charge < -0.3 is 15.4 Å². The summed E-state index contributed by atoms with van der Waals surface area (Å²) >= 11 is 17.9. The third-order valence-corrected chi connectivity index (χ3v) is 4.00. The number of benzene rings is 2. The van der Waals surface area contributed by atoms with Crippen LogP contribution >= 0.6 is 34.8 Å². The predicted octanol–water partition coefficient (Wildman–Crippen LogP) is 4.14. The fraction of sp³-hybridized carbons (Fsp3) is 0.188. The van der Waals surface area contributed by atoms with Crippen LogP contribution < -0.4 is 15.4 Å². The molecule has 1 atom stereocenters. The number of nitrogens with zero attached hydrogens (tertiary/aromatic N) is 1. The maximum absolute atomic E-state index is 12.4. The summed E-state index contributed by atoms with van der Waals surface area (Å²) in [6, 6.07) is 12.0. The lowest BCUT2D eigenvalue weighted by Gasteiger charge is -2.28. The minimum atomic E-state index is -1.88. The van der Waals surface area contributed by atoms with Crippen molar-refractivity contribution in [2.45, 2.75) is 9.96 Å². The monoisotopic (exact) mass is 417 g/mol. The lowest BCUT2D eigenvalue weighted by atomic mass is 10.2. The SMILES string of the molecule is COc1ccccc1N[C@@H](NC(=O)c1ccc([N+](=O)[O-])cc1)C(Cl)(Cl)Cl. The van der Waals surface area contributed by atoms with Gasteiger partial charge in [0, 0.05) is 17.7 Å². The van der Waals surface area contributed by atoms with Crippen LogP contribution in [0.3, 0.4) is 0 Å². The maximum Gasteiger partial charge on any atom is 0.269 e. The number of non-ortho nitro benzene ring substituents is 1. The Bertz CT molecular complexity index is 794. The number of nitro benzene ring substituents is 1. The second kappa shape index (κ2) is 8.44. The third kappa shape index (κ3) is 5.14. The molecule has 0 spiro atoms. The first kappa shape index (κ1) is 20.1. The van der Waals surface area contributed by atoms with E-state index < -0.39 is 20.8 Å². The first-order valence-electron chi connectivity index (χ1n) is 7.24. The molecule has 2 aromatic carbocycles. The highest BCUT2D eigenvalue weighted by Crippen LogP contribution is 2.33. The molecule has 26 heavy (non-hydrogen) atoms. The number of amides is 1. The molecule has 0 aliphatic heterocycles. The molecular formula is C16H14Cl3N3O4. The molecular weight excluding hydrogens is 405 g/mol. The molecule has 7 nitrogen and oxygen atoms in total. The van der Waals surface area contributed by atoms with Crippen molar-refractivity contribution >= 4 is 52.1 Å². The molecule has 1 amide bonds. The van der Waals surface area contributed by atoms with Crippen molar-refractivity contribution in [1.29, 1.82) is 0 Å². The largest absolute Gasteiger partial charge is 0.495 e. The molecule has 0 aliphatic carbocycles. The van der Waals surface area contributed by atoms with E-state index in [1.807, 2.05) is 0 Å². The highest BCUT2D eigenvalue weighted by Gasteiger charge is 2.34. The van der Waals surface area contributed by atoms with E-state index in [2.05, 4.69) is 10.6 Å². The molecule has 2 aromatic rings. The maximum atomic E-state index is 12.4. The Morgan fingerprint density at radius 3 is 2.31 bits per heavy atom. The quantitative estimate of drug-likeness (QED) is 0.318. The van der Waals surface area contributed by atoms with E-state index in [0.29, 0.717) is 11.4 Å². The summed E-state index contributed by atoms with van der Waals surface area (Å²) in [6.45, 7) is 0. The number of hydrogen-bond donors (Lipinski definition) is 2. The van der Waals surface area contributed by atoms with Crippen molar-refractivity contribution in [3.05, 3.63) is 64.2 Å². The average Bonchev–Trinajstić information content (AvgIpc) is 2.60. The Kier molecular flexibility index (Phi) is 6.52. The van der Waals surface area contributed by atoms with E-state index in [9.17, 15) is 14.9 Å². The Balaban J connectivity index is 2.20. The molecule has 0 saturated heterocycles. The number of methoxy groups -OCH3 is 1. The zero-order chi connectivity index (χ0) is 19.3. The minimum absolute atomic E-state index is 0.133. The normalized spacial score (nSPS) is 12.2. The smallest absolute Gasteiger partial charge is 0.269 e. The zero-order valence-electron chi connectivity index (χ0n) is 13.4. The Morgan fingerprint density at radius 2 is 1.77 bits per heavy atom. The number of alkyl halides is 3. The Labute approximate surface area is 164 Å². The summed E-state index contributed by atoms with van der Waals surface area (Å²) in [5.41, 5.74) is 0.554. The number of ether oxygens (including phenoxy) is 1. The van der Waals surface area contributed by atoms with Gasteiger partial charge in [-0.15, -0.1) is 0 Å². The molecule has 0 bridgehead atoms. The van der Waals surface area contributed by atoms with Crippen molar-refractivity contribution in [3.63, 3.8) is 0 Å². The van der Waals surface area contributed by atoms with Gasteiger partial charge in [-0.2, -0.15) is 0 Å². The summed E-state index contributed by atoms with van der Waals surface area (Å²) < 4.78 is 3.34. The van der Waals surface area contributed by atoms with Crippen LogP contribution in [-0.2, 0) is 0 Å². The molecule has 2 rings (SSSR count). The van der Waals surface area contributed by atoms with E-state index in [0.717, 1.165) is 0 Å². The molecule has 0 saturated carbocycles. The average molecular weight is 419 g/mol. The van der Waals surface area contributed by atoms with Gasteiger partial charge in [0.2, 0.25) is 3.79 Å². The van der Waals surface area contributed by atoms with Crippen molar-refractivity contribution in [1.82, 2.24) is 5.32 Å². The first-order valence-corrected chi connectivity index (χ1v) is 8.37. The van der Waals surface area contributed by atoms with E-state index in [1.54, 1.807) is 24.3 Å². The first-order chi connectivity index (χ1) is 12.2. The number of anilines is 1. The molecule has 2 N–H and O–H groups in total. The Hall–Kier alpha value is -2.22. The van der Waals surface area contributed by atoms with Crippen LogP contribution in [0.2, 0.25) is 0 Å². The highest BCUT2D eigenvalue weighted by molar-refractivity contribution is 6.68. The molecule has 0 aliphatic rings. The van der Waals surface area contributed by atoms with E-state index in [1.165, 1.54) is 31.4 Å². The van der Waals surface area contributed by atoms with Crippen LogP contribution in [0.15, 0.2) is 48.5 Å². The van der Waals surface area contributed by atoms with E-state index >= 15 is 0 Å². The molecule has 0 aromatic heterocycles. The van der Waals surface area contributed by atoms with E-state index in [4.69, 9.17) is 39.5 Å². The summed E-state index contributed by atoms with van der Waals surface area (Å²) in [4.78, 5) is 22.5. The van der Waals surface area contributed by atoms with Crippen LogP contribution in [0.4, 0.5) is 11.4 Å². The van der Waals surface area contributed by atoms with Gasteiger partial charge in [-0.1, -0.05) is 46.9 Å². The van der Waals surface area contributed by atoms with Gasteiger partial charge in [0.1, 0.15) is 11.9 Å². The topological polar surface area (TPSA) is 93.5 Å². The number of nitrogens with one attached hydrogen (secondary N) is 2. The van der Waals surface area contributed by atoms with Crippen molar-refractivity contribution in [2.24, 2.45) is 0 Å². The van der Waals surface area contributed by atoms with Crippen LogP contribution in [0, 0.1) is 10.1 Å². The number of para-hydroxylation sites is 2. The van der Waals surface area contributed by atoms with Gasteiger partial charge in [0.15, 0.2) is 0 Å². The van der Waals surface area contributed by atoms with Crippen LogP contribution in [0.25, 0.3) is 0 Å². The lowest BCUT2D eigenvalue weighted by Crippen LogP contribution is -2.49. The summed E-state index contributed by atoms with van der Waals surface area (Å²) in [5, 5.41) is 16.1. The zero-order valence-corrected chi connectivity index (χ0v) is 15.7. The number of hydrogen-bond acceptors (Lipinski definition) is 5. The summed E-state index contributed by atoms with van der Waals surface area (Å²) in [7, 11) is 1.49. The number of halogens is 3.